The smallest absolute Gasteiger partial charge is 0.254 e. The number of carbonyl (C=O) groups is 1. The fourth-order valence-corrected chi connectivity index (χ4v) is 4.48. The van der Waals surface area contributed by atoms with Crippen LogP contribution in [0.5, 0.6) is 17.2 Å². The molecule has 0 aliphatic carbocycles. The second-order valence-electron chi connectivity index (χ2n) is 8.34. The SMILES string of the molecule is COc1cc(C(=O)N2CCN(c3ccc(N4CCCCCC4)nn3)CC2)cc(OC)c1OC. The molecule has 0 unspecified atom stereocenters. The van der Waals surface area contributed by atoms with Crippen LogP contribution in [0.3, 0.4) is 0 Å². The maximum atomic E-state index is 13.1. The number of nitrogens with zero attached hydrogens (tertiary/aromatic N) is 5. The lowest BCUT2D eigenvalue weighted by Crippen LogP contribution is -2.49. The van der Waals surface area contributed by atoms with Crippen LogP contribution in [0, 0.1) is 0 Å². The van der Waals surface area contributed by atoms with E-state index < -0.39 is 0 Å². The van der Waals surface area contributed by atoms with Crippen LogP contribution in [0.25, 0.3) is 0 Å². The summed E-state index contributed by atoms with van der Waals surface area (Å²) in [5.41, 5.74) is 0.513. The number of piperazine rings is 1. The minimum atomic E-state index is -0.0588. The summed E-state index contributed by atoms with van der Waals surface area (Å²) < 4.78 is 16.1. The summed E-state index contributed by atoms with van der Waals surface area (Å²) in [7, 11) is 4.64. The predicted octanol–water partition coefficient (Wildman–Crippen LogP) is 2.85. The number of amides is 1. The molecule has 9 heteroatoms. The Bertz CT molecular complexity index is 911. The number of aromatic nitrogens is 2. The van der Waals surface area contributed by atoms with Crippen LogP contribution in [0.4, 0.5) is 11.6 Å². The quantitative estimate of drug-likeness (QED) is 0.658. The molecule has 2 aliphatic rings. The Morgan fingerprint density at radius 2 is 1.24 bits per heavy atom. The van der Waals surface area contributed by atoms with Gasteiger partial charge in [0.05, 0.1) is 21.3 Å². The average Bonchev–Trinajstić information content (AvgIpc) is 3.17. The van der Waals surface area contributed by atoms with Crippen molar-refractivity contribution < 1.29 is 19.0 Å². The molecule has 2 aromatic rings. The molecule has 2 fully saturated rings. The molecular weight excluding hydrogens is 422 g/mol. The molecular formula is C24H33N5O4. The van der Waals surface area contributed by atoms with Crippen LogP contribution >= 0.6 is 0 Å². The standard InChI is InChI=1S/C24H33N5O4/c1-31-19-16-18(17-20(32-2)23(19)33-3)24(30)29-14-12-28(13-15-29)22-9-8-21(25-26-22)27-10-6-4-5-7-11-27/h8-9,16-17H,4-7,10-15H2,1-3H3. The summed E-state index contributed by atoms with van der Waals surface area (Å²) >= 11 is 0. The lowest BCUT2D eigenvalue weighted by atomic mass is 10.1. The number of rotatable bonds is 6. The normalized spacial score (nSPS) is 16.9. The van der Waals surface area contributed by atoms with E-state index in [0.717, 1.165) is 24.7 Å². The summed E-state index contributed by atoms with van der Waals surface area (Å²) in [5.74, 6) is 3.17. The van der Waals surface area contributed by atoms with E-state index >= 15 is 0 Å². The van der Waals surface area contributed by atoms with Crippen molar-refractivity contribution in [2.24, 2.45) is 0 Å². The Hall–Kier alpha value is -3.23. The highest BCUT2D eigenvalue weighted by atomic mass is 16.5. The summed E-state index contributed by atoms with van der Waals surface area (Å²) in [6.45, 7) is 4.71. The third-order valence-corrected chi connectivity index (χ3v) is 6.37. The minimum absolute atomic E-state index is 0.0588. The van der Waals surface area contributed by atoms with Gasteiger partial charge in [-0.15, -0.1) is 10.2 Å². The van der Waals surface area contributed by atoms with Crippen LogP contribution in [0.1, 0.15) is 36.0 Å². The van der Waals surface area contributed by atoms with Crippen LogP contribution in [0.15, 0.2) is 24.3 Å². The van der Waals surface area contributed by atoms with E-state index in [9.17, 15) is 4.79 Å². The summed E-state index contributed by atoms with van der Waals surface area (Å²) in [6, 6.07) is 7.51. The van der Waals surface area contributed by atoms with Gasteiger partial charge in [0.1, 0.15) is 0 Å². The number of ether oxygens (including phenoxy) is 3. The Morgan fingerprint density at radius 1 is 0.727 bits per heavy atom. The van der Waals surface area contributed by atoms with Crippen molar-refractivity contribution in [3.05, 3.63) is 29.8 Å². The first-order valence-corrected chi connectivity index (χ1v) is 11.6. The second-order valence-corrected chi connectivity index (χ2v) is 8.34. The van der Waals surface area contributed by atoms with E-state index in [1.54, 1.807) is 33.5 Å². The van der Waals surface area contributed by atoms with Crippen molar-refractivity contribution in [2.45, 2.75) is 25.7 Å². The minimum Gasteiger partial charge on any atom is -0.493 e. The Morgan fingerprint density at radius 3 is 1.70 bits per heavy atom. The first-order chi connectivity index (χ1) is 16.1. The lowest BCUT2D eigenvalue weighted by molar-refractivity contribution is 0.0745. The molecule has 1 aromatic carbocycles. The molecule has 0 saturated carbocycles. The van der Waals surface area contributed by atoms with Crippen molar-refractivity contribution in [2.75, 3.05) is 70.4 Å². The van der Waals surface area contributed by atoms with Gasteiger partial charge in [0.25, 0.3) is 5.91 Å². The van der Waals surface area contributed by atoms with Crippen LogP contribution in [-0.4, -0.2) is 81.6 Å². The first kappa shape index (κ1) is 22.9. The van der Waals surface area contributed by atoms with Crippen LogP contribution in [-0.2, 0) is 0 Å². The lowest BCUT2D eigenvalue weighted by Gasteiger charge is -2.35. The zero-order valence-electron chi connectivity index (χ0n) is 19.7. The summed E-state index contributed by atoms with van der Waals surface area (Å²) in [5, 5.41) is 8.97. The molecule has 178 valence electrons. The number of hydrogen-bond acceptors (Lipinski definition) is 8. The van der Waals surface area contributed by atoms with E-state index in [-0.39, 0.29) is 5.91 Å². The fourth-order valence-electron chi connectivity index (χ4n) is 4.48. The highest BCUT2D eigenvalue weighted by Gasteiger charge is 2.25. The molecule has 0 bridgehead atoms. The van der Waals surface area contributed by atoms with Gasteiger partial charge in [0.2, 0.25) is 5.75 Å². The van der Waals surface area contributed by atoms with Crippen molar-refractivity contribution in [1.82, 2.24) is 15.1 Å². The first-order valence-electron chi connectivity index (χ1n) is 11.6. The third-order valence-electron chi connectivity index (χ3n) is 6.37. The van der Waals surface area contributed by atoms with Crippen molar-refractivity contribution >= 4 is 17.5 Å². The van der Waals surface area contributed by atoms with E-state index in [0.29, 0.717) is 49.0 Å². The maximum Gasteiger partial charge on any atom is 0.254 e. The summed E-state index contributed by atoms with van der Waals surface area (Å²) in [4.78, 5) is 19.5. The molecule has 1 aromatic heterocycles. The van der Waals surface area contributed by atoms with Crippen molar-refractivity contribution in [3.8, 4) is 17.2 Å². The number of carbonyl (C=O) groups excluding carboxylic acids is 1. The van der Waals surface area contributed by atoms with Gasteiger partial charge in [-0.05, 0) is 37.1 Å². The third kappa shape index (κ3) is 5.07. The molecule has 4 rings (SSSR count). The Kier molecular flexibility index (Phi) is 7.36. The van der Waals surface area contributed by atoms with E-state index in [1.807, 2.05) is 11.0 Å². The summed E-state index contributed by atoms with van der Waals surface area (Å²) in [6.07, 6.45) is 5.01. The molecule has 0 spiro atoms. The van der Waals surface area contributed by atoms with Gasteiger partial charge in [-0.1, -0.05) is 12.8 Å². The van der Waals surface area contributed by atoms with E-state index in [2.05, 4.69) is 26.1 Å². The molecule has 2 aliphatic heterocycles. The van der Waals surface area contributed by atoms with E-state index in [4.69, 9.17) is 14.2 Å². The highest BCUT2D eigenvalue weighted by molar-refractivity contribution is 5.95. The molecule has 3 heterocycles. The average molecular weight is 456 g/mol. The number of methoxy groups -OCH3 is 3. The molecule has 33 heavy (non-hydrogen) atoms. The molecule has 0 atom stereocenters. The number of anilines is 2. The largest absolute Gasteiger partial charge is 0.493 e. The van der Waals surface area contributed by atoms with Gasteiger partial charge >= 0.3 is 0 Å². The van der Waals surface area contributed by atoms with Gasteiger partial charge in [0.15, 0.2) is 23.1 Å². The Labute approximate surface area is 195 Å². The zero-order chi connectivity index (χ0) is 23.2. The van der Waals surface area contributed by atoms with Gasteiger partial charge in [-0.25, -0.2) is 0 Å². The van der Waals surface area contributed by atoms with Gasteiger partial charge in [-0.2, -0.15) is 0 Å². The van der Waals surface area contributed by atoms with Crippen LogP contribution in [0.2, 0.25) is 0 Å². The van der Waals surface area contributed by atoms with Crippen molar-refractivity contribution in [1.29, 1.82) is 0 Å². The zero-order valence-corrected chi connectivity index (χ0v) is 19.7. The fraction of sp³-hybridized carbons (Fsp3) is 0.542. The van der Waals surface area contributed by atoms with E-state index in [1.165, 1.54) is 25.7 Å². The number of benzene rings is 1. The molecule has 2 saturated heterocycles. The predicted molar refractivity (Wildman–Crippen MR) is 127 cm³/mol. The van der Waals surface area contributed by atoms with Crippen molar-refractivity contribution in [3.63, 3.8) is 0 Å². The Balaban J connectivity index is 1.39. The molecule has 1 amide bonds. The molecule has 0 radical (unpaired) electrons. The van der Waals surface area contributed by atoms with Crippen LogP contribution < -0.4 is 24.0 Å². The molecule has 0 N–H and O–H groups in total. The monoisotopic (exact) mass is 455 g/mol. The highest BCUT2D eigenvalue weighted by Crippen LogP contribution is 2.38. The number of hydrogen-bond donors (Lipinski definition) is 0. The molecule has 9 nitrogen and oxygen atoms in total. The van der Waals surface area contributed by atoms with Gasteiger partial charge in [-0.3, -0.25) is 4.79 Å². The second kappa shape index (κ2) is 10.6. The maximum absolute atomic E-state index is 13.1. The van der Waals surface area contributed by atoms with Gasteiger partial charge < -0.3 is 28.9 Å². The van der Waals surface area contributed by atoms with Gasteiger partial charge in [0, 0.05) is 44.8 Å². The topological polar surface area (TPSA) is 80.3 Å².